The second kappa shape index (κ2) is 11.1. The number of benzene rings is 2. The summed E-state index contributed by atoms with van der Waals surface area (Å²) in [7, 11) is 0. The molecular weight excluding hydrogens is 504 g/mol. The Kier molecular flexibility index (Phi) is 7.30. The number of carbonyl (C=O) groups excluding carboxylic acids is 3. The highest BCUT2D eigenvalue weighted by molar-refractivity contribution is 6.04. The van der Waals surface area contributed by atoms with Crippen LogP contribution in [0.3, 0.4) is 0 Å². The molecule has 3 heterocycles. The predicted molar refractivity (Wildman–Crippen MR) is 136 cm³/mol. The van der Waals surface area contributed by atoms with Crippen LogP contribution in [0.2, 0.25) is 0 Å². The van der Waals surface area contributed by atoms with Gasteiger partial charge in [-0.05, 0) is 36.2 Å². The summed E-state index contributed by atoms with van der Waals surface area (Å²) in [6.45, 7) is -0.373. The van der Waals surface area contributed by atoms with E-state index in [9.17, 15) is 24.5 Å². The van der Waals surface area contributed by atoms with Gasteiger partial charge in [-0.25, -0.2) is 4.79 Å². The van der Waals surface area contributed by atoms with Crippen molar-refractivity contribution in [1.29, 1.82) is 0 Å². The van der Waals surface area contributed by atoms with Crippen molar-refractivity contribution >= 4 is 29.2 Å². The minimum Gasteiger partial charge on any atom is -0.484 e. The molecule has 2 aromatic carbocycles. The summed E-state index contributed by atoms with van der Waals surface area (Å²) in [5.41, 5.74) is 1.21. The van der Waals surface area contributed by atoms with Crippen LogP contribution < -0.4 is 14.6 Å². The molecule has 39 heavy (non-hydrogen) atoms. The molecule has 0 aliphatic carbocycles. The van der Waals surface area contributed by atoms with Crippen molar-refractivity contribution in [3.63, 3.8) is 0 Å². The molecule has 198 valence electrons. The Morgan fingerprint density at radius 1 is 1.03 bits per heavy atom. The average Bonchev–Trinajstić information content (AvgIpc) is 2.98. The number of allylic oxidation sites excluding steroid dienone is 1. The van der Waals surface area contributed by atoms with Crippen LogP contribution in [0.25, 0.3) is 5.70 Å². The van der Waals surface area contributed by atoms with Crippen molar-refractivity contribution in [3.05, 3.63) is 107 Å². The van der Waals surface area contributed by atoms with Crippen LogP contribution in [0, 0.1) is 10.1 Å². The Balaban J connectivity index is 1.31. The van der Waals surface area contributed by atoms with Crippen LogP contribution in [0.4, 0.5) is 5.69 Å². The van der Waals surface area contributed by atoms with Crippen molar-refractivity contribution in [2.75, 3.05) is 6.61 Å². The van der Waals surface area contributed by atoms with Gasteiger partial charge in [0.15, 0.2) is 24.7 Å². The van der Waals surface area contributed by atoms with E-state index < -0.39 is 34.8 Å². The lowest BCUT2D eigenvalue weighted by Gasteiger charge is -2.49. The highest BCUT2D eigenvalue weighted by atomic mass is 16.6. The van der Waals surface area contributed by atoms with Crippen molar-refractivity contribution in [2.24, 2.45) is 0 Å². The molecule has 2 aliphatic rings. The number of nitrogens with zero attached hydrogens (tertiary/aromatic N) is 3. The zero-order valence-electron chi connectivity index (χ0n) is 20.8. The predicted octanol–water partition coefficient (Wildman–Crippen LogP) is 2.36. The molecule has 3 aromatic rings. The Labute approximate surface area is 223 Å². The topological polar surface area (TPSA) is 132 Å². The van der Waals surface area contributed by atoms with Crippen LogP contribution in [0.1, 0.15) is 18.4 Å². The number of fused-ring (bicyclic) bond motifs is 1. The average molecular weight is 530 g/mol. The van der Waals surface area contributed by atoms with E-state index in [-0.39, 0.29) is 24.6 Å². The second-order valence-electron chi connectivity index (χ2n) is 9.04. The van der Waals surface area contributed by atoms with E-state index >= 15 is 0 Å². The summed E-state index contributed by atoms with van der Waals surface area (Å²) in [6, 6.07) is 18.8. The smallest absolute Gasteiger partial charge is 0.362 e. The number of aromatic nitrogens is 1. The number of nitro groups is 1. The molecule has 1 saturated heterocycles. The minimum atomic E-state index is -0.781. The van der Waals surface area contributed by atoms with Gasteiger partial charge in [0.25, 0.3) is 17.5 Å². The maximum Gasteiger partial charge on any atom is 0.362 e. The van der Waals surface area contributed by atoms with Gasteiger partial charge in [0, 0.05) is 30.7 Å². The number of pyridine rings is 1. The Bertz CT molecular complexity index is 1430. The summed E-state index contributed by atoms with van der Waals surface area (Å²) in [5, 5.41) is 13.6. The zero-order chi connectivity index (χ0) is 27.4. The van der Waals surface area contributed by atoms with Gasteiger partial charge in [-0.3, -0.25) is 24.6 Å². The fourth-order valence-electron chi connectivity index (χ4n) is 4.67. The molecule has 0 bridgehead atoms. The number of amides is 2. The van der Waals surface area contributed by atoms with Crippen LogP contribution in [-0.2, 0) is 25.7 Å². The van der Waals surface area contributed by atoms with Gasteiger partial charge in [0.2, 0.25) is 5.70 Å². The first kappa shape index (κ1) is 25.6. The molecule has 0 saturated carbocycles. The lowest BCUT2D eigenvalue weighted by atomic mass is 9.85. The first-order valence-corrected chi connectivity index (χ1v) is 12.3. The highest BCUT2D eigenvalue weighted by Crippen LogP contribution is 2.37. The third-order valence-electron chi connectivity index (χ3n) is 6.58. The maximum absolute atomic E-state index is 13.4. The van der Waals surface area contributed by atoms with E-state index in [0.29, 0.717) is 29.9 Å². The van der Waals surface area contributed by atoms with Crippen molar-refractivity contribution in [3.8, 4) is 5.75 Å². The summed E-state index contributed by atoms with van der Waals surface area (Å²) >= 11 is 0. The van der Waals surface area contributed by atoms with Crippen molar-refractivity contribution in [1.82, 2.24) is 10.2 Å². The standard InChI is InChI=1S/C28H24N4O7/c33-24(18-38-21-7-3-1-4-8-21)29-25-22-13-14-23(30-15-5-2-6-16-30)26(31(22)27(25)34)28(35)39-17-19-9-11-20(12-10-19)32(36)37/h1-12,15-16,22,25H,13-14,17-18H2/p+1. The molecule has 2 unspecified atom stereocenters. The van der Waals surface area contributed by atoms with Gasteiger partial charge < -0.3 is 14.8 Å². The van der Waals surface area contributed by atoms with E-state index in [1.807, 2.05) is 24.3 Å². The SMILES string of the molecule is O=C(COc1ccccc1)NC1C(=O)N2C(C(=O)OCc3ccc([N+](=O)[O-])cc3)=C([n+]3ccccc3)CCC12. The Hall–Kier alpha value is -5.06. The lowest BCUT2D eigenvalue weighted by molar-refractivity contribution is -0.585. The first-order chi connectivity index (χ1) is 18.9. The quantitative estimate of drug-likeness (QED) is 0.148. The number of hydrogen-bond donors (Lipinski definition) is 1. The summed E-state index contributed by atoms with van der Waals surface area (Å²) in [6.07, 6.45) is 4.57. The van der Waals surface area contributed by atoms with Crippen LogP contribution in [0.5, 0.6) is 5.75 Å². The highest BCUT2D eigenvalue weighted by Gasteiger charge is 2.55. The number of β-lactam (4-membered cyclic amide) rings is 1. The van der Waals surface area contributed by atoms with Gasteiger partial charge in [0.05, 0.1) is 11.0 Å². The van der Waals surface area contributed by atoms with Gasteiger partial charge in [-0.1, -0.05) is 24.3 Å². The number of para-hydroxylation sites is 1. The van der Waals surface area contributed by atoms with Crippen LogP contribution >= 0.6 is 0 Å². The number of non-ortho nitro benzene ring substituents is 1. The van der Waals surface area contributed by atoms with Gasteiger partial charge in [0.1, 0.15) is 18.4 Å². The Morgan fingerprint density at radius 2 is 1.72 bits per heavy atom. The van der Waals surface area contributed by atoms with Crippen molar-refractivity contribution in [2.45, 2.75) is 31.5 Å². The number of rotatable bonds is 9. The maximum atomic E-state index is 13.4. The number of nitrogens with one attached hydrogen (secondary N) is 1. The lowest BCUT2D eigenvalue weighted by Crippen LogP contribution is -2.72. The molecule has 2 amide bonds. The number of nitro benzene ring substituents is 1. The van der Waals surface area contributed by atoms with Crippen LogP contribution in [0.15, 0.2) is 90.9 Å². The molecule has 2 atom stereocenters. The normalized spacial score (nSPS) is 18.1. The number of carbonyl (C=O) groups is 3. The molecule has 11 heteroatoms. The monoisotopic (exact) mass is 529 g/mol. The molecular formula is C28H25N4O7+. The molecule has 11 nitrogen and oxygen atoms in total. The number of hydrogen-bond acceptors (Lipinski definition) is 7. The van der Waals surface area contributed by atoms with E-state index in [1.165, 1.54) is 29.2 Å². The first-order valence-electron chi connectivity index (χ1n) is 12.3. The molecule has 1 aromatic heterocycles. The molecule has 5 rings (SSSR count). The minimum absolute atomic E-state index is 0.0703. The van der Waals surface area contributed by atoms with Crippen molar-refractivity contribution < 1.29 is 33.3 Å². The summed E-state index contributed by atoms with van der Waals surface area (Å²) in [4.78, 5) is 50.9. The van der Waals surface area contributed by atoms with E-state index in [2.05, 4.69) is 5.32 Å². The van der Waals surface area contributed by atoms with Gasteiger partial charge in [-0.2, -0.15) is 4.57 Å². The van der Waals surface area contributed by atoms with Gasteiger partial charge in [-0.15, -0.1) is 0 Å². The third kappa shape index (κ3) is 5.47. The summed E-state index contributed by atoms with van der Waals surface area (Å²) in [5.74, 6) is -1.01. The van der Waals surface area contributed by atoms with Gasteiger partial charge >= 0.3 is 5.97 Å². The second-order valence-corrected chi connectivity index (χ2v) is 9.04. The molecule has 0 radical (unpaired) electrons. The fourth-order valence-corrected chi connectivity index (χ4v) is 4.67. The molecule has 1 N–H and O–H groups in total. The largest absolute Gasteiger partial charge is 0.484 e. The molecule has 1 fully saturated rings. The number of esters is 1. The third-order valence-corrected chi connectivity index (χ3v) is 6.58. The van der Waals surface area contributed by atoms with Crippen LogP contribution in [-0.4, -0.2) is 46.3 Å². The van der Waals surface area contributed by atoms with E-state index in [0.717, 1.165) is 0 Å². The van der Waals surface area contributed by atoms with E-state index in [4.69, 9.17) is 9.47 Å². The zero-order valence-corrected chi connectivity index (χ0v) is 20.8. The fraction of sp³-hybridized carbons (Fsp3) is 0.214. The summed E-state index contributed by atoms with van der Waals surface area (Å²) < 4.78 is 12.8. The number of ether oxygens (including phenoxy) is 2. The van der Waals surface area contributed by atoms with E-state index in [1.54, 1.807) is 41.2 Å². The molecule has 2 aliphatic heterocycles. The molecule has 0 spiro atoms. The Morgan fingerprint density at radius 3 is 2.41 bits per heavy atom.